The van der Waals surface area contributed by atoms with Crippen LogP contribution in [0.4, 0.5) is 4.39 Å². The maximum Gasteiger partial charge on any atom is 0.326 e. The molecule has 3 aromatic rings. The van der Waals surface area contributed by atoms with Crippen LogP contribution in [0.25, 0.3) is 11.0 Å². The topological polar surface area (TPSA) is 111 Å². The van der Waals surface area contributed by atoms with E-state index in [-0.39, 0.29) is 35.2 Å². The third-order valence-electron chi connectivity index (χ3n) is 6.59. The van der Waals surface area contributed by atoms with E-state index >= 15 is 0 Å². The number of aliphatic hydroxyl groups excluding tert-OH is 1. The van der Waals surface area contributed by atoms with Crippen LogP contribution in [0.2, 0.25) is 5.02 Å². The Morgan fingerprint density at radius 1 is 1.29 bits per heavy atom. The number of rotatable bonds is 6. The Morgan fingerprint density at radius 2 is 2.03 bits per heavy atom. The van der Waals surface area contributed by atoms with Crippen LogP contribution in [0.15, 0.2) is 35.1 Å². The van der Waals surface area contributed by atoms with Crippen molar-refractivity contribution in [2.75, 3.05) is 26.2 Å². The molecule has 3 heterocycles. The van der Waals surface area contributed by atoms with Gasteiger partial charge in [-0.25, -0.2) is 9.18 Å². The maximum atomic E-state index is 13.7. The number of nitrogens with one attached hydrogen (secondary N) is 1. The van der Waals surface area contributed by atoms with E-state index in [1.807, 2.05) is 19.9 Å². The van der Waals surface area contributed by atoms with Crippen molar-refractivity contribution in [2.24, 2.45) is 0 Å². The van der Waals surface area contributed by atoms with Gasteiger partial charge < -0.3 is 29.9 Å². The Kier molecular flexibility index (Phi) is 7.15. The predicted molar refractivity (Wildman–Crippen MR) is 132 cm³/mol. The lowest BCUT2D eigenvalue weighted by atomic mass is 10.0. The number of halogens is 2. The van der Waals surface area contributed by atoms with E-state index in [1.54, 1.807) is 16.7 Å². The summed E-state index contributed by atoms with van der Waals surface area (Å²) >= 11 is 6.25. The number of aromatic nitrogens is 2. The lowest BCUT2D eigenvalue weighted by molar-refractivity contribution is 0.0536. The number of hydrogen-bond donors (Lipinski definition) is 2. The monoisotopic (exact) mass is 507 g/mol. The zero-order valence-electron chi connectivity index (χ0n) is 19.8. The van der Waals surface area contributed by atoms with Gasteiger partial charge in [-0.15, -0.1) is 0 Å². The van der Waals surface area contributed by atoms with Crippen LogP contribution in [0.1, 0.15) is 38.3 Å². The van der Waals surface area contributed by atoms with Gasteiger partial charge in [0.2, 0.25) is 0 Å². The second kappa shape index (κ2) is 9.81. The molecule has 35 heavy (non-hydrogen) atoms. The number of hydrogen-bond acceptors (Lipinski definition) is 5. The number of piperidine rings is 1. The van der Waals surface area contributed by atoms with Gasteiger partial charge in [-0.2, -0.15) is 0 Å². The molecule has 2 aliphatic rings. The summed E-state index contributed by atoms with van der Waals surface area (Å²) in [5.41, 5.74) is 1.72. The minimum atomic E-state index is -0.689. The van der Waals surface area contributed by atoms with Crippen molar-refractivity contribution in [1.29, 1.82) is 0 Å². The number of fused-ring (bicyclic) bond motifs is 2. The number of aliphatic hydroxyl groups is 1. The zero-order valence-corrected chi connectivity index (χ0v) is 20.6. The van der Waals surface area contributed by atoms with Crippen LogP contribution in [0.5, 0.6) is 11.5 Å². The number of aromatic amines is 1. The fraction of sp³-hybridized carbons (Fsp3) is 0.480. The van der Waals surface area contributed by atoms with Gasteiger partial charge in [-0.3, -0.25) is 4.57 Å². The van der Waals surface area contributed by atoms with Gasteiger partial charge in [-0.05, 0) is 51.0 Å². The molecule has 4 N–H and O–H groups in total. The highest BCUT2D eigenvalue weighted by Crippen LogP contribution is 2.43. The smallest absolute Gasteiger partial charge is 0.326 e. The summed E-state index contributed by atoms with van der Waals surface area (Å²) < 4.78 is 27.3. The van der Waals surface area contributed by atoms with Crippen LogP contribution in [0, 0.1) is 5.82 Å². The molecule has 2 aromatic carbocycles. The predicted octanol–water partition coefficient (Wildman–Crippen LogP) is 3.09. The molecular weight excluding hydrogens is 477 g/mol. The van der Waals surface area contributed by atoms with E-state index in [0.29, 0.717) is 34.1 Å². The fourth-order valence-corrected chi connectivity index (χ4v) is 5.33. The highest BCUT2D eigenvalue weighted by molar-refractivity contribution is 6.30. The molecule has 0 radical (unpaired) electrons. The SMILES string of the molecule is CC1(C)Cc2cc(Cl)cc(OCC(O)CN3CCC(n4c(=O)[nH]c5ccc(F)cc54)CC3)c2O1.O. The van der Waals surface area contributed by atoms with Crippen LogP contribution in [0.3, 0.4) is 0 Å². The number of ether oxygens (including phenoxy) is 2. The minimum absolute atomic E-state index is 0. The average Bonchev–Trinajstić information content (AvgIpc) is 3.26. The Labute approximate surface area is 207 Å². The first-order chi connectivity index (χ1) is 16.2. The molecule has 10 heteroatoms. The highest BCUT2D eigenvalue weighted by Gasteiger charge is 2.33. The Hall–Kier alpha value is -2.59. The van der Waals surface area contributed by atoms with Crippen molar-refractivity contribution in [3.8, 4) is 11.5 Å². The second-order valence-corrected chi connectivity index (χ2v) is 10.3. The minimum Gasteiger partial charge on any atom is -0.487 e. The summed E-state index contributed by atoms with van der Waals surface area (Å²) in [4.78, 5) is 17.4. The van der Waals surface area contributed by atoms with Crippen molar-refractivity contribution >= 4 is 22.6 Å². The maximum absolute atomic E-state index is 13.7. The van der Waals surface area contributed by atoms with Crippen molar-refractivity contribution in [1.82, 2.24) is 14.5 Å². The molecule has 0 saturated carbocycles. The number of likely N-dealkylation sites (tertiary alicyclic amines) is 1. The van der Waals surface area contributed by atoms with E-state index in [0.717, 1.165) is 37.9 Å². The molecule has 0 spiro atoms. The standard InChI is InChI=1S/C25H29ClFN3O4.H2O/c1-25(2)12-15-9-16(26)10-22(23(15)34-25)33-14-19(31)13-29-7-5-18(6-8-29)30-21-11-17(27)3-4-20(21)28-24(30)32;/h3-4,9-11,18-19,31H,5-8,12-14H2,1-2H3,(H,28,32);1H2. The Morgan fingerprint density at radius 3 is 2.77 bits per heavy atom. The summed E-state index contributed by atoms with van der Waals surface area (Å²) in [6, 6.07) is 7.95. The molecule has 2 aliphatic heterocycles. The molecule has 8 nitrogen and oxygen atoms in total. The molecule has 1 atom stereocenters. The first-order valence-electron chi connectivity index (χ1n) is 11.6. The Balaban J connectivity index is 0.00000289. The number of imidazole rings is 1. The van der Waals surface area contributed by atoms with E-state index in [9.17, 15) is 14.3 Å². The van der Waals surface area contributed by atoms with E-state index < -0.39 is 6.10 Å². The third kappa shape index (κ3) is 5.33. The fourth-order valence-electron chi connectivity index (χ4n) is 5.10. The number of H-pyrrole nitrogens is 1. The molecule has 190 valence electrons. The van der Waals surface area contributed by atoms with Crippen LogP contribution < -0.4 is 15.2 Å². The van der Waals surface area contributed by atoms with Crippen LogP contribution in [-0.4, -0.2) is 63.0 Å². The quantitative estimate of drug-likeness (QED) is 0.532. The second-order valence-electron chi connectivity index (χ2n) is 9.89. The molecular formula is C25H31ClFN3O5. The zero-order chi connectivity index (χ0) is 24.0. The van der Waals surface area contributed by atoms with Gasteiger partial charge in [0.05, 0.1) is 11.0 Å². The van der Waals surface area contributed by atoms with Gasteiger partial charge in [0, 0.05) is 48.7 Å². The summed E-state index contributed by atoms with van der Waals surface area (Å²) in [6.07, 6.45) is 1.54. The van der Waals surface area contributed by atoms with E-state index in [2.05, 4.69) is 9.88 Å². The molecule has 1 unspecified atom stereocenters. The van der Waals surface area contributed by atoms with Gasteiger partial charge in [0.1, 0.15) is 24.1 Å². The first-order valence-corrected chi connectivity index (χ1v) is 12.0. The normalized spacial score (nSPS) is 18.7. The molecule has 1 aromatic heterocycles. The number of nitrogens with zero attached hydrogens (tertiary/aromatic N) is 2. The van der Waals surface area contributed by atoms with Gasteiger partial charge >= 0.3 is 5.69 Å². The first kappa shape index (κ1) is 25.5. The van der Waals surface area contributed by atoms with Gasteiger partial charge in [-0.1, -0.05) is 11.6 Å². The van der Waals surface area contributed by atoms with Crippen LogP contribution in [-0.2, 0) is 6.42 Å². The lowest BCUT2D eigenvalue weighted by Crippen LogP contribution is -2.42. The molecule has 1 fully saturated rings. The summed E-state index contributed by atoms with van der Waals surface area (Å²) in [7, 11) is 0. The van der Waals surface area contributed by atoms with Gasteiger partial charge in [0.15, 0.2) is 11.5 Å². The van der Waals surface area contributed by atoms with Crippen LogP contribution >= 0.6 is 11.6 Å². The lowest BCUT2D eigenvalue weighted by Gasteiger charge is -2.33. The summed E-state index contributed by atoms with van der Waals surface area (Å²) in [6.45, 7) is 6.06. The van der Waals surface area contributed by atoms with Crippen molar-refractivity contribution in [3.05, 3.63) is 57.2 Å². The molecule has 5 rings (SSSR count). The van der Waals surface area contributed by atoms with E-state index in [1.165, 1.54) is 12.1 Å². The molecule has 0 amide bonds. The van der Waals surface area contributed by atoms with Crippen molar-refractivity contribution in [2.45, 2.75) is 50.9 Å². The largest absolute Gasteiger partial charge is 0.487 e. The Bertz CT molecular complexity index is 1270. The van der Waals surface area contributed by atoms with Crippen molar-refractivity contribution in [3.63, 3.8) is 0 Å². The number of β-amino-alcohol motifs (C(OH)–C–C–N with tert-alkyl or cyclic N) is 1. The van der Waals surface area contributed by atoms with Gasteiger partial charge in [0.25, 0.3) is 0 Å². The molecule has 0 bridgehead atoms. The molecule has 0 aliphatic carbocycles. The number of benzene rings is 2. The van der Waals surface area contributed by atoms with E-state index in [4.69, 9.17) is 21.1 Å². The highest BCUT2D eigenvalue weighted by atomic mass is 35.5. The summed E-state index contributed by atoms with van der Waals surface area (Å²) in [5.74, 6) is 0.889. The average molecular weight is 508 g/mol. The third-order valence-corrected chi connectivity index (χ3v) is 6.81. The molecule has 1 saturated heterocycles. The summed E-state index contributed by atoms with van der Waals surface area (Å²) in [5, 5.41) is 11.2. The van der Waals surface area contributed by atoms with Crippen molar-refractivity contribution < 1.29 is 24.4 Å².